The van der Waals surface area contributed by atoms with Gasteiger partial charge in [0.2, 0.25) is 0 Å². The number of fused-ring (bicyclic) bond motifs is 2. The lowest BCUT2D eigenvalue weighted by Gasteiger charge is -2.05. The van der Waals surface area contributed by atoms with Crippen LogP contribution in [0.4, 0.5) is 5.00 Å². The van der Waals surface area contributed by atoms with Crippen LogP contribution in [0.15, 0.2) is 24.3 Å². The van der Waals surface area contributed by atoms with Crippen molar-refractivity contribution < 1.29 is 14.3 Å². The number of nitriles is 1. The number of aryl methyl sites for hydroxylation is 1. The Labute approximate surface area is 180 Å². The zero-order valence-electron chi connectivity index (χ0n) is 15.4. The SMILES string of the molecule is N#Cc1c(NC(=O)COC(=O)c2sc3ccccc3c2Cl)sc2c1CCCCC2. The van der Waals surface area contributed by atoms with Crippen molar-refractivity contribution in [2.45, 2.75) is 32.1 Å². The van der Waals surface area contributed by atoms with Gasteiger partial charge in [0, 0.05) is 15.0 Å². The van der Waals surface area contributed by atoms with Gasteiger partial charge in [-0.15, -0.1) is 22.7 Å². The van der Waals surface area contributed by atoms with Crippen LogP contribution in [0.2, 0.25) is 5.02 Å². The van der Waals surface area contributed by atoms with Gasteiger partial charge in [-0.25, -0.2) is 4.79 Å². The molecule has 8 heteroatoms. The number of carbonyl (C=O) groups is 2. The molecule has 1 aliphatic rings. The number of hydrogen-bond acceptors (Lipinski definition) is 6. The summed E-state index contributed by atoms with van der Waals surface area (Å²) in [7, 11) is 0. The van der Waals surface area contributed by atoms with Gasteiger partial charge in [-0.05, 0) is 37.3 Å². The Morgan fingerprint density at radius 2 is 1.97 bits per heavy atom. The van der Waals surface area contributed by atoms with Crippen LogP contribution in [0, 0.1) is 11.3 Å². The molecule has 1 N–H and O–H groups in total. The molecule has 0 aliphatic heterocycles. The number of hydrogen-bond donors (Lipinski definition) is 1. The summed E-state index contributed by atoms with van der Waals surface area (Å²) in [4.78, 5) is 26.2. The fourth-order valence-corrected chi connectivity index (χ4v) is 6.11. The minimum Gasteiger partial charge on any atom is -0.451 e. The molecule has 0 radical (unpaired) electrons. The van der Waals surface area contributed by atoms with Crippen molar-refractivity contribution in [2.24, 2.45) is 0 Å². The molecule has 2 heterocycles. The monoisotopic (exact) mass is 444 g/mol. The van der Waals surface area contributed by atoms with E-state index < -0.39 is 18.5 Å². The summed E-state index contributed by atoms with van der Waals surface area (Å²) in [5, 5.41) is 13.9. The van der Waals surface area contributed by atoms with Crippen LogP contribution in [-0.2, 0) is 22.4 Å². The van der Waals surface area contributed by atoms with Crippen molar-refractivity contribution in [3.8, 4) is 6.07 Å². The number of rotatable bonds is 4. The van der Waals surface area contributed by atoms with E-state index in [1.807, 2.05) is 24.3 Å². The highest BCUT2D eigenvalue weighted by atomic mass is 35.5. The first-order chi connectivity index (χ1) is 14.1. The first-order valence-electron chi connectivity index (χ1n) is 9.27. The van der Waals surface area contributed by atoms with E-state index in [2.05, 4.69) is 11.4 Å². The minimum absolute atomic E-state index is 0.279. The van der Waals surface area contributed by atoms with Gasteiger partial charge in [0.1, 0.15) is 15.9 Å². The molecular weight excluding hydrogens is 428 g/mol. The predicted molar refractivity (Wildman–Crippen MR) is 116 cm³/mol. The third-order valence-electron chi connectivity index (χ3n) is 4.84. The Hall–Kier alpha value is -2.40. The highest BCUT2D eigenvalue weighted by Gasteiger charge is 2.22. The summed E-state index contributed by atoms with van der Waals surface area (Å²) in [6.45, 7) is -0.434. The molecule has 3 aromatic rings. The second-order valence-electron chi connectivity index (χ2n) is 6.75. The lowest BCUT2D eigenvalue weighted by Crippen LogP contribution is -2.20. The average molecular weight is 445 g/mol. The lowest BCUT2D eigenvalue weighted by molar-refractivity contribution is -0.119. The van der Waals surface area contributed by atoms with Gasteiger partial charge >= 0.3 is 5.97 Å². The number of benzene rings is 1. The quantitative estimate of drug-likeness (QED) is 0.422. The molecule has 0 spiro atoms. The summed E-state index contributed by atoms with van der Waals surface area (Å²) in [6, 6.07) is 9.65. The van der Waals surface area contributed by atoms with E-state index in [0.29, 0.717) is 15.6 Å². The molecule has 0 saturated carbocycles. The van der Waals surface area contributed by atoms with Gasteiger partial charge in [0.15, 0.2) is 6.61 Å². The van der Waals surface area contributed by atoms with Crippen LogP contribution in [0.1, 0.15) is 44.9 Å². The summed E-state index contributed by atoms with van der Waals surface area (Å²) in [6.07, 6.45) is 5.11. The van der Waals surface area contributed by atoms with Crippen molar-refractivity contribution in [3.05, 3.63) is 50.2 Å². The van der Waals surface area contributed by atoms with Gasteiger partial charge in [-0.3, -0.25) is 4.79 Å². The second kappa shape index (κ2) is 8.54. The molecule has 0 atom stereocenters. The fraction of sp³-hybridized carbons (Fsp3) is 0.286. The maximum Gasteiger partial charge on any atom is 0.350 e. The van der Waals surface area contributed by atoms with Crippen LogP contribution in [0.5, 0.6) is 0 Å². The van der Waals surface area contributed by atoms with E-state index in [9.17, 15) is 14.9 Å². The second-order valence-corrected chi connectivity index (χ2v) is 9.28. The summed E-state index contributed by atoms with van der Waals surface area (Å²) < 4.78 is 6.05. The summed E-state index contributed by atoms with van der Waals surface area (Å²) in [5.74, 6) is -1.10. The number of nitrogens with zero attached hydrogens (tertiary/aromatic N) is 1. The van der Waals surface area contributed by atoms with E-state index in [1.54, 1.807) is 0 Å². The smallest absolute Gasteiger partial charge is 0.350 e. The van der Waals surface area contributed by atoms with Gasteiger partial charge in [0.05, 0.1) is 10.6 Å². The molecule has 1 aliphatic carbocycles. The molecule has 2 aromatic heterocycles. The van der Waals surface area contributed by atoms with Gasteiger partial charge in [-0.1, -0.05) is 36.2 Å². The molecule has 29 heavy (non-hydrogen) atoms. The van der Waals surface area contributed by atoms with E-state index in [1.165, 1.54) is 27.6 Å². The molecule has 1 aromatic carbocycles. The van der Waals surface area contributed by atoms with Crippen molar-refractivity contribution >= 4 is 61.2 Å². The number of carbonyl (C=O) groups excluding carboxylic acids is 2. The van der Waals surface area contributed by atoms with Crippen LogP contribution in [0.25, 0.3) is 10.1 Å². The number of thiophene rings is 2. The zero-order valence-corrected chi connectivity index (χ0v) is 17.8. The van der Waals surface area contributed by atoms with E-state index in [4.69, 9.17) is 16.3 Å². The Morgan fingerprint density at radius 1 is 1.17 bits per heavy atom. The number of anilines is 1. The summed E-state index contributed by atoms with van der Waals surface area (Å²) in [5.41, 5.74) is 1.60. The van der Waals surface area contributed by atoms with Crippen molar-refractivity contribution in [1.82, 2.24) is 0 Å². The predicted octanol–water partition coefficient (Wildman–Crippen LogP) is 5.55. The van der Waals surface area contributed by atoms with Crippen LogP contribution in [-0.4, -0.2) is 18.5 Å². The number of nitrogens with one attached hydrogen (secondary N) is 1. The Balaban J connectivity index is 1.43. The van der Waals surface area contributed by atoms with E-state index in [-0.39, 0.29) is 4.88 Å². The van der Waals surface area contributed by atoms with Crippen LogP contribution >= 0.6 is 34.3 Å². The fourth-order valence-electron chi connectivity index (χ4n) is 3.45. The van der Waals surface area contributed by atoms with Crippen molar-refractivity contribution in [2.75, 3.05) is 11.9 Å². The average Bonchev–Trinajstić information content (AvgIpc) is 3.13. The Morgan fingerprint density at radius 3 is 2.76 bits per heavy atom. The van der Waals surface area contributed by atoms with Crippen molar-refractivity contribution in [1.29, 1.82) is 5.26 Å². The van der Waals surface area contributed by atoms with Gasteiger partial charge in [0.25, 0.3) is 5.91 Å². The zero-order chi connectivity index (χ0) is 20.4. The number of halogens is 1. The molecular formula is C21H17ClN2O3S2. The number of ether oxygens (including phenoxy) is 1. The molecule has 0 unspecified atom stereocenters. The van der Waals surface area contributed by atoms with Gasteiger partial charge < -0.3 is 10.1 Å². The van der Waals surface area contributed by atoms with Crippen molar-refractivity contribution in [3.63, 3.8) is 0 Å². The first-order valence-corrected chi connectivity index (χ1v) is 11.3. The maximum absolute atomic E-state index is 12.4. The minimum atomic E-state index is -0.631. The third kappa shape index (κ3) is 4.01. The highest BCUT2D eigenvalue weighted by Crippen LogP contribution is 2.37. The normalized spacial score (nSPS) is 13.4. The number of amides is 1. The van der Waals surface area contributed by atoms with Crippen LogP contribution in [0.3, 0.4) is 0 Å². The molecule has 5 nitrogen and oxygen atoms in total. The topological polar surface area (TPSA) is 79.2 Å². The highest BCUT2D eigenvalue weighted by molar-refractivity contribution is 7.21. The van der Waals surface area contributed by atoms with Crippen LogP contribution < -0.4 is 5.32 Å². The molecule has 0 saturated heterocycles. The first kappa shape index (κ1) is 19.9. The molecule has 0 bridgehead atoms. The van der Waals surface area contributed by atoms with E-state index >= 15 is 0 Å². The lowest BCUT2D eigenvalue weighted by atomic mass is 10.1. The standard InChI is InChI=1S/C21H17ClN2O3S2/c22-18-13-7-4-5-9-16(13)28-19(18)21(26)27-11-17(25)24-20-14(10-23)12-6-2-1-3-8-15(12)29-20/h4-5,7,9H,1-3,6,8,11H2,(H,24,25). The third-order valence-corrected chi connectivity index (χ3v) is 7.70. The Kier molecular flexibility index (Phi) is 5.86. The largest absolute Gasteiger partial charge is 0.451 e. The molecule has 0 fully saturated rings. The number of esters is 1. The molecule has 148 valence electrons. The summed E-state index contributed by atoms with van der Waals surface area (Å²) >= 11 is 8.97. The maximum atomic E-state index is 12.4. The molecule has 4 rings (SSSR count). The van der Waals surface area contributed by atoms with Gasteiger partial charge in [-0.2, -0.15) is 5.26 Å². The molecule has 1 amide bonds. The Bertz CT molecular complexity index is 1140. The van der Waals surface area contributed by atoms with E-state index in [0.717, 1.165) is 47.8 Å².